The summed E-state index contributed by atoms with van der Waals surface area (Å²) in [7, 11) is 0. The van der Waals surface area contributed by atoms with Gasteiger partial charge in [-0.2, -0.15) is 0 Å². The third-order valence-electron chi connectivity index (χ3n) is 4.57. The highest BCUT2D eigenvalue weighted by molar-refractivity contribution is 6.31. The predicted octanol–water partition coefficient (Wildman–Crippen LogP) is 3.95. The molecule has 29 heavy (non-hydrogen) atoms. The van der Waals surface area contributed by atoms with Crippen molar-refractivity contribution in [3.05, 3.63) is 57.1 Å². The van der Waals surface area contributed by atoms with E-state index < -0.39 is 16.9 Å². The Kier molecular flexibility index (Phi) is 5.74. The van der Waals surface area contributed by atoms with Gasteiger partial charge in [0.25, 0.3) is 11.6 Å². The number of carbonyl (C=O) groups is 2. The van der Waals surface area contributed by atoms with Crippen molar-refractivity contribution < 1.29 is 19.2 Å². The molecule has 152 valence electrons. The molecule has 2 aromatic rings. The number of nitro groups is 1. The number of non-ortho nitro benzene ring substituents is 1. The van der Waals surface area contributed by atoms with Crippen LogP contribution < -0.4 is 15.0 Å². The lowest BCUT2D eigenvalue weighted by Crippen LogP contribution is -2.50. The van der Waals surface area contributed by atoms with E-state index in [1.807, 2.05) is 6.92 Å². The molecule has 0 radical (unpaired) electrons. The molecule has 0 spiro atoms. The molecule has 1 heterocycles. The van der Waals surface area contributed by atoms with Crippen LogP contribution in [0.25, 0.3) is 0 Å². The molecule has 2 aromatic carbocycles. The van der Waals surface area contributed by atoms with E-state index in [1.165, 1.54) is 23.1 Å². The fourth-order valence-electron chi connectivity index (χ4n) is 2.99. The van der Waals surface area contributed by atoms with Gasteiger partial charge in [-0.25, -0.2) is 0 Å². The predicted molar refractivity (Wildman–Crippen MR) is 110 cm³/mol. The van der Waals surface area contributed by atoms with E-state index in [0.717, 1.165) is 5.56 Å². The van der Waals surface area contributed by atoms with Crippen molar-refractivity contribution in [2.45, 2.75) is 26.9 Å². The molecule has 1 atom stereocenters. The van der Waals surface area contributed by atoms with E-state index in [4.69, 9.17) is 16.3 Å². The zero-order valence-corrected chi connectivity index (χ0v) is 16.9. The van der Waals surface area contributed by atoms with E-state index >= 15 is 0 Å². The zero-order chi connectivity index (χ0) is 21.3. The number of carbonyl (C=O) groups excluding carboxylic acids is 2. The largest absolute Gasteiger partial charge is 0.478 e. The van der Waals surface area contributed by atoms with Crippen LogP contribution in [-0.2, 0) is 9.59 Å². The molecule has 2 amide bonds. The van der Waals surface area contributed by atoms with Crippen LogP contribution in [-0.4, -0.2) is 29.4 Å². The molecule has 0 aromatic heterocycles. The van der Waals surface area contributed by atoms with Gasteiger partial charge in [0.1, 0.15) is 6.54 Å². The van der Waals surface area contributed by atoms with Crippen LogP contribution in [0.5, 0.6) is 5.75 Å². The number of anilines is 2. The van der Waals surface area contributed by atoms with Crippen LogP contribution >= 0.6 is 11.6 Å². The van der Waals surface area contributed by atoms with Gasteiger partial charge in [0.05, 0.1) is 16.7 Å². The van der Waals surface area contributed by atoms with Crippen molar-refractivity contribution in [3.8, 4) is 5.75 Å². The van der Waals surface area contributed by atoms with E-state index in [0.29, 0.717) is 16.4 Å². The minimum Gasteiger partial charge on any atom is -0.478 e. The van der Waals surface area contributed by atoms with Crippen LogP contribution in [0.1, 0.15) is 19.4 Å². The summed E-state index contributed by atoms with van der Waals surface area (Å²) < 4.78 is 5.71. The molecule has 0 bridgehead atoms. The molecule has 9 heteroatoms. The van der Waals surface area contributed by atoms with Crippen molar-refractivity contribution in [1.82, 2.24) is 0 Å². The van der Waals surface area contributed by atoms with Crippen molar-refractivity contribution >= 4 is 40.5 Å². The summed E-state index contributed by atoms with van der Waals surface area (Å²) >= 11 is 6.09. The lowest BCUT2D eigenvalue weighted by Gasteiger charge is -2.35. The van der Waals surface area contributed by atoms with Gasteiger partial charge in [0, 0.05) is 16.8 Å². The van der Waals surface area contributed by atoms with Crippen LogP contribution in [0.3, 0.4) is 0 Å². The van der Waals surface area contributed by atoms with Gasteiger partial charge in [0.2, 0.25) is 5.91 Å². The van der Waals surface area contributed by atoms with Gasteiger partial charge in [-0.1, -0.05) is 31.5 Å². The number of ether oxygens (including phenoxy) is 1. The lowest BCUT2D eigenvalue weighted by atomic mass is 10.0. The highest BCUT2D eigenvalue weighted by Gasteiger charge is 2.38. The highest BCUT2D eigenvalue weighted by Crippen LogP contribution is 2.38. The molecular weight excluding hydrogens is 398 g/mol. The fraction of sp³-hybridized carbons (Fsp3) is 0.300. The van der Waals surface area contributed by atoms with Crippen LogP contribution in [0.2, 0.25) is 5.02 Å². The number of nitrogens with zero attached hydrogens (tertiary/aromatic N) is 2. The van der Waals surface area contributed by atoms with Crippen molar-refractivity contribution in [2.24, 2.45) is 5.92 Å². The average Bonchev–Trinajstić information content (AvgIpc) is 2.66. The second-order valence-corrected chi connectivity index (χ2v) is 7.54. The Morgan fingerprint density at radius 3 is 2.66 bits per heavy atom. The maximum absolute atomic E-state index is 12.9. The summed E-state index contributed by atoms with van der Waals surface area (Å²) in [4.78, 5) is 37.3. The van der Waals surface area contributed by atoms with Crippen LogP contribution in [0.4, 0.5) is 17.1 Å². The topological polar surface area (TPSA) is 102 Å². The maximum atomic E-state index is 12.9. The summed E-state index contributed by atoms with van der Waals surface area (Å²) in [5.74, 6) is -0.787. The number of hydrogen-bond acceptors (Lipinski definition) is 5. The monoisotopic (exact) mass is 417 g/mol. The average molecular weight is 418 g/mol. The normalized spacial score (nSPS) is 15.7. The summed E-state index contributed by atoms with van der Waals surface area (Å²) in [6, 6.07) is 9.08. The number of benzene rings is 2. The fourth-order valence-corrected chi connectivity index (χ4v) is 3.17. The number of halogens is 1. The number of amides is 2. The number of fused-ring (bicyclic) bond motifs is 1. The Morgan fingerprint density at radius 1 is 1.31 bits per heavy atom. The Bertz CT molecular complexity index is 992. The number of hydrogen-bond donors (Lipinski definition) is 1. The van der Waals surface area contributed by atoms with Gasteiger partial charge < -0.3 is 10.1 Å². The van der Waals surface area contributed by atoms with Gasteiger partial charge in [-0.15, -0.1) is 0 Å². The molecule has 0 fully saturated rings. The first-order valence-corrected chi connectivity index (χ1v) is 9.37. The van der Waals surface area contributed by atoms with E-state index in [-0.39, 0.29) is 29.8 Å². The Labute approximate surface area is 172 Å². The Balaban J connectivity index is 1.88. The van der Waals surface area contributed by atoms with Gasteiger partial charge in [0.15, 0.2) is 11.9 Å². The molecule has 1 aliphatic rings. The van der Waals surface area contributed by atoms with Gasteiger partial charge in [-0.3, -0.25) is 24.6 Å². The molecule has 1 unspecified atom stereocenters. The minimum absolute atomic E-state index is 0.153. The standard InChI is InChI=1S/C20H20ClN3O5/c1-11(2)19-20(26)23(16-7-6-14(24(27)28)9-17(16)29-19)10-18(25)22-13-5-4-12(3)15(21)8-13/h4-9,11,19H,10H2,1-3H3,(H,22,25). The molecule has 0 aliphatic carbocycles. The van der Waals surface area contributed by atoms with Crippen LogP contribution in [0.15, 0.2) is 36.4 Å². The molecule has 8 nitrogen and oxygen atoms in total. The first-order chi connectivity index (χ1) is 13.7. The smallest absolute Gasteiger partial charge is 0.273 e. The third kappa shape index (κ3) is 4.32. The lowest BCUT2D eigenvalue weighted by molar-refractivity contribution is -0.384. The summed E-state index contributed by atoms with van der Waals surface area (Å²) in [5.41, 5.74) is 1.55. The Hall–Kier alpha value is -3.13. The molecule has 1 N–H and O–H groups in total. The zero-order valence-electron chi connectivity index (χ0n) is 16.1. The number of rotatable bonds is 5. The molecule has 3 rings (SSSR count). The quantitative estimate of drug-likeness (QED) is 0.586. The van der Waals surface area contributed by atoms with Gasteiger partial charge in [-0.05, 0) is 36.6 Å². The molecule has 0 saturated carbocycles. The van der Waals surface area contributed by atoms with Crippen molar-refractivity contribution in [1.29, 1.82) is 0 Å². The maximum Gasteiger partial charge on any atom is 0.273 e. The van der Waals surface area contributed by atoms with Crippen LogP contribution in [0, 0.1) is 23.0 Å². The Morgan fingerprint density at radius 2 is 2.03 bits per heavy atom. The second-order valence-electron chi connectivity index (χ2n) is 7.13. The molecular formula is C20H20ClN3O5. The SMILES string of the molecule is Cc1ccc(NC(=O)CN2C(=O)C(C(C)C)Oc3cc([N+](=O)[O-])ccc32)cc1Cl. The first-order valence-electron chi connectivity index (χ1n) is 9.00. The van der Waals surface area contributed by atoms with Gasteiger partial charge >= 0.3 is 0 Å². The van der Waals surface area contributed by atoms with Crippen molar-refractivity contribution in [3.63, 3.8) is 0 Å². The highest BCUT2D eigenvalue weighted by atomic mass is 35.5. The number of nitrogens with one attached hydrogen (secondary N) is 1. The number of nitro benzene ring substituents is 1. The van der Waals surface area contributed by atoms with Crippen molar-refractivity contribution in [2.75, 3.05) is 16.8 Å². The number of aryl methyl sites for hydroxylation is 1. The second kappa shape index (κ2) is 8.08. The summed E-state index contributed by atoms with van der Waals surface area (Å²) in [6.07, 6.45) is -0.842. The van der Waals surface area contributed by atoms with E-state index in [9.17, 15) is 19.7 Å². The van der Waals surface area contributed by atoms with E-state index in [1.54, 1.807) is 32.0 Å². The molecule has 0 saturated heterocycles. The first kappa shape index (κ1) is 20.6. The molecule has 1 aliphatic heterocycles. The summed E-state index contributed by atoms with van der Waals surface area (Å²) in [6.45, 7) is 5.19. The summed E-state index contributed by atoms with van der Waals surface area (Å²) in [5, 5.41) is 14.3. The minimum atomic E-state index is -0.842. The van der Waals surface area contributed by atoms with E-state index in [2.05, 4.69) is 5.32 Å². The third-order valence-corrected chi connectivity index (χ3v) is 4.98.